The molecule has 0 aliphatic carbocycles. The first-order valence-corrected chi connectivity index (χ1v) is 12.4. The standard InChI is InChI=1S/C31H31NO4/c1-35-29-20-25(14-15-28(29)36-21-22-8-3-2-4-9-22)30(32-18-16-24(17-19-32)31(33)34)27-13-7-11-23-10-5-6-12-26(23)27/h2-15,20,24,30H,16-19,21H2,1H3,(H,33,34). The minimum atomic E-state index is -0.696. The molecule has 0 radical (unpaired) electrons. The van der Waals surface area contributed by atoms with Gasteiger partial charge in [0.2, 0.25) is 0 Å². The molecule has 0 bridgehead atoms. The van der Waals surface area contributed by atoms with Crippen LogP contribution in [0.5, 0.6) is 11.5 Å². The maximum atomic E-state index is 11.6. The fraction of sp³-hybridized carbons (Fsp3) is 0.258. The molecule has 1 aliphatic heterocycles. The largest absolute Gasteiger partial charge is 0.493 e. The molecule has 0 aromatic heterocycles. The zero-order valence-corrected chi connectivity index (χ0v) is 20.5. The van der Waals surface area contributed by atoms with E-state index in [4.69, 9.17) is 9.47 Å². The molecule has 1 saturated heterocycles. The summed E-state index contributed by atoms with van der Waals surface area (Å²) in [5, 5.41) is 11.9. The molecule has 36 heavy (non-hydrogen) atoms. The number of likely N-dealkylation sites (tertiary alicyclic amines) is 1. The summed E-state index contributed by atoms with van der Waals surface area (Å²) in [5.74, 6) is 0.413. The fourth-order valence-electron chi connectivity index (χ4n) is 5.19. The van der Waals surface area contributed by atoms with Crippen LogP contribution >= 0.6 is 0 Å². The van der Waals surface area contributed by atoms with E-state index in [-0.39, 0.29) is 12.0 Å². The first-order valence-electron chi connectivity index (χ1n) is 12.4. The summed E-state index contributed by atoms with van der Waals surface area (Å²) in [6, 6.07) is 31.0. The van der Waals surface area contributed by atoms with Crippen molar-refractivity contribution in [2.24, 2.45) is 5.92 Å². The second kappa shape index (κ2) is 10.8. The quantitative estimate of drug-likeness (QED) is 0.319. The first kappa shape index (κ1) is 23.9. The van der Waals surface area contributed by atoms with Crippen LogP contribution in [0.3, 0.4) is 0 Å². The number of nitrogens with zero attached hydrogens (tertiary/aromatic N) is 1. The molecule has 1 N–H and O–H groups in total. The van der Waals surface area contributed by atoms with Gasteiger partial charge in [0.25, 0.3) is 0 Å². The predicted molar refractivity (Wildman–Crippen MR) is 141 cm³/mol. The molecule has 5 nitrogen and oxygen atoms in total. The van der Waals surface area contributed by atoms with Gasteiger partial charge in [-0.2, -0.15) is 0 Å². The van der Waals surface area contributed by atoms with Gasteiger partial charge in [-0.3, -0.25) is 9.69 Å². The van der Waals surface area contributed by atoms with Gasteiger partial charge in [-0.15, -0.1) is 0 Å². The molecular weight excluding hydrogens is 450 g/mol. The van der Waals surface area contributed by atoms with E-state index in [9.17, 15) is 9.90 Å². The number of carboxylic acids is 1. The number of rotatable bonds is 8. The summed E-state index contributed by atoms with van der Waals surface area (Å²) in [6.07, 6.45) is 1.29. The zero-order valence-electron chi connectivity index (χ0n) is 20.5. The predicted octanol–water partition coefficient (Wildman–Crippen LogP) is 6.31. The van der Waals surface area contributed by atoms with Crippen LogP contribution in [0.2, 0.25) is 0 Å². The number of hydrogen-bond acceptors (Lipinski definition) is 4. The number of carbonyl (C=O) groups is 1. The van der Waals surface area contributed by atoms with Crippen LogP contribution in [-0.2, 0) is 11.4 Å². The molecule has 4 aromatic rings. The summed E-state index contributed by atoms with van der Waals surface area (Å²) in [7, 11) is 1.67. The third-order valence-corrected chi connectivity index (χ3v) is 7.10. The van der Waals surface area contributed by atoms with Crippen molar-refractivity contribution in [3.63, 3.8) is 0 Å². The Labute approximate surface area is 211 Å². The Hall–Kier alpha value is -3.83. The van der Waals surface area contributed by atoms with E-state index in [0.717, 1.165) is 24.2 Å². The van der Waals surface area contributed by atoms with Crippen LogP contribution in [0.25, 0.3) is 10.8 Å². The van der Waals surface area contributed by atoms with Gasteiger partial charge in [-0.25, -0.2) is 0 Å². The van der Waals surface area contributed by atoms with Crippen molar-refractivity contribution in [3.8, 4) is 11.5 Å². The van der Waals surface area contributed by atoms with Gasteiger partial charge in [-0.1, -0.05) is 78.9 Å². The Morgan fingerprint density at radius 3 is 2.39 bits per heavy atom. The highest BCUT2D eigenvalue weighted by Gasteiger charge is 2.31. The van der Waals surface area contributed by atoms with E-state index in [1.54, 1.807) is 7.11 Å². The molecule has 1 unspecified atom stereocenters. The topological polar surface area (TPSA) is 59.0 Å². The summed E-state index contributed by atoms with van der Waals surface area (Å²) in [5.41, 5.74) is 3.41. The third-order valence-electron chi connectivity index (χ3n) is 7.10. The summed E-state index contributed by atoms with van der Waals surface area (Å²) < 4.78 is 11.9. The Balaban J connectivity index is 1.51. The number of piperidine rings is 1. The van der Waals surface area contributed by atoms with Crippen LogP contribution in [0.15, 0.2) is 91.0 Å². The van der Waals surface area contributed by atoms with Gasteiger partial charge in [-0.05, 0) is 65.5 Å². The number of carboxylic acid groups (broad SMARTS) is 1. The van der Waals surface area contributed by atoms with E-state index in [1.807, 2.05) is 36.4 Å². The Morgan fingerprint density at radius 2 is 1.64 bits per heavy atom. The van der Waals surface area contributed by atoms with E-state index in [1.165, 1.54) is 16.3 Å². The lowest BCUT2D eigenvalue weighted by atomic mass is 9.89. The van der Waals surface area contributed by atoms with Gasteiger partial charge >= 0.3 is 5.97 Å². The molecule has 1 fully saturated rings. The molecule has 184 valence electrons. The van der Waals surface area contributed by atoms with Crippen LogP contribution in [-0.4, -0.2) is 36.2 Å². The second-order valence-corrected chi connectivity index (χ2v) is 9.30. The summed E-state index contributed by atoms with van der Waals surface area (Å²) in [6.45, 7) is 1.91. The van der Waals surface area contributed by atoms with E-state index in [0.29, 0.717) is 30.9 Å². The second-order valence-electron chi connectivity index (χ2n) is 9.30. The number of aliphatic carboxylic acids is 1. The Morgan fingerprint density at radius 1 is 0.917 bits per heavy atom. The average molecular weight is 482 g/mol. The maximum Gasteiger partial charge on any atom is 0.306 e. The molecule has 1 heterocycles. The van der Waals surface area contributed by atoms with Gasteiger partial charge in [0.1, 0.15) is 6.61 Å². The zero-order chi connectivity index (χ0) is 24.9. The molecular formula is C31H31NO4. The van der Waals surface area contributed by atoms with Crippen molar-refractivity contribution in [2.75, 3.05) is 20.2 Å². The first-order chi connectivity index (χ1) is 17.6. The van der Waals surface area contributed by atoms with E-state index in [2.05, 4.69) is 59.5 Å². The highest BCUT2D eigenvalue weighted by Crippen LogP contribution is 2.39. The molecule has 1 atom stereocenters. The number of benzene rings is 4. The smallest absolute Gasteiger partial charge is 0.306 e. The normalized spacial score (nSPS) is 15.5. The summed E-state index contributed by atoms with van der Waals surface area (Å²) >= 11 is 0. The molecule has 0 spiro atoms. The van der Waals surface area contributed by atoms with Gasteiger partial charge in [0.05, 0.1) is 19.1 Å². The molecule has 1 aliphatic rings. The van der Waals surface area contributed by atoms with Crippen molar-refractivity contribution in [1.29, 1.82) is 0 Å². The third kappa shape index (κ3) is 5.07. The van der Waals surface area contributed by atoms with E-state index < -0.39 is 5.97 Å². The van der Waals surface area contributed by atoms with Crippen molar-refractivity contribution in [2.45, 2.75) is 25.5 Å². The van der Waals surface area contributed by atoms with Crippen molar-refractivity contribution < 1.29 is 19.4 Å². The highest BCUT2D eigenvalue weighted by molar-refractivity contribution is 5.86. The number of fused-ring (bicyclic) bond motifs is 1. The van der Waals surface area contributed by atoms with Crippen molar-refractivity contribution >= 4 is 16.7 Å². The van der Waals surface area contributed by atoms with Crippen LogP contribution < -0.4 is 9.47 Å². The SMILES string of the molecule is COc1cc(C(c2cccc3ccccc23)N2CCC(C(=O)O)CC2)ccc1OCc1ccccc1. The highest BCUT2D eigenvalue weighted by atomic mass is 16.5. The monoisotopic (exact) mass is 481 g/mol. The summed E-state index contributed by atoms with van der Waals surface area (Å²) in [4.78, 5) is 14.0. The van der Waals surface area contributed by atoms with Crippen LogP contribution in [0.4, 0.5) is 0 Å². The van der Waals surface area contributed by atoms with Crippen LogP contribution in [0, 0.1) is 5.92 Å². The van der Waals surface area contributed by atoms with Gasteiger partial charge in [0.15, 0.2) is 11.5 Å². The molecule has 5 rings (SSSR count). The Kier molecular flexibility index (Phi) is 7.19. The fourth-order valence-corrected chi connectivity index (χ4v) is 5.19. The minimum absolute atomic E-state index is 0.0251. The number of ether oxygens (including phenoxy) is 2. The molecule has 4 aromatic carbocycles. The number of methoxy groups -OCH3 is 1. The molecule has 0 amide bonds. The maximum absolute atomic E-state index is 11.6. The minimum Gasteiger partial charge on any atom is -0.493 e. The lowest BCUT2D eigenvalue weighted by molar-refractivity contribution is -0.143. The van der Waals surface area contributed by atoms with Gasteiger partial charge < -0.3 is 14.6 Å². The molecule has 0 saturated carbocycles. The van der Waals surface area contributed by atoms with Crippen LogP contribution in [0.1, 0.15) is 35.6 Å². The van der Waals surface area contributed by atoms with E-state index >= 15 is 0 Å². The van der Waals surface area contributed by atoms with Gasteiger partial charge in [0, 0.05) is 0 Å². The number of hydrogen-bond donors (Lipinski definition) is 1. The lowest BCUT2D eigenvalue weighted by Gasteiger charge is -2.37. The van der Waals surface area contributed by atoms with Crippen molar-refractivity contribution in [1.82, 2.24) is 4.90 Å². The van der Waals surface area contributed by atoms with Crippen molar-refractivity contribution in [3.05, 3.63) is 108 Å². The lowest BCUT2D eigenvalue weighted by Crippen LogP contribution is -2.39. The molecule has 5 heteroatoms. The average Bonchev–Trinajstić information content (AvgIpc) is 2.93. The Bertz CT molecular complexity index is 1320.